The summed E-state index contributed by atoms with van der Waals surface area (Å²) in [5, 5.41) is 3.98. The normalized spacial score (nSPS) is 11.1. The van der Waals surface area contributed by atoms with Crippen LogP contribution >= 0.6 is 0 Å². The van der Waals surface area contributed by atoms with E-state index in [1.807, 2.05) is 61.7 Å². The maximum atomic E-state index is 13.1. The van der Waals surface area contributed by atoms with Crippen molar-refractivity contribution in [2.75, 3.05) is 5.32 Å². The molecule has 3 nitrogen and oxygen atoms in total. The Labute approximate surface area is 165 Å². The minimum atomic E-state index is -0.0965. The van der Waals surface area contributed by atoms with Gasteiger partial charge in [0, 0.05) is 23.0 Å². The second-order valence-electron chi connectivity index (χ2n) is 7.46. The fourth-order valence-corrected chi connectivity index (χ4v) is 3.59. The van der Waals surface area contributed by atoms with E-state index < -0.39 is 0 Å². The molecule has 1 heterocycles. The highest BCUT2D eigenvalue weighted by Gasteiger charge is 2.17. The number of carbonyl (C=O) groups is 1. The van der Waals surface area contributed by atoms with Crippen molar-refractivity contribution in [1.82, 2.24) is 4.57 Å². The van der Waals surface area contributed by atoms with Crippen molar-refractivity contribution in [3.8, 4) is 5.69 Å². The predicted octanol–water partition coefficient (Wildman–Crippen LogP) is 6.31. The fraction of sp³-hybridized carbons (Fsp3) is 0.160. The molecule has 0 bridgehead atoms. The number of hydrogen-bond donors (Lipinski definition) is 1. The number of rotatable bonds is 4. The van der Waals surface area contributed by atoms with Gasteiger partial charge in [0.05, 0.1) is 11.1 Å². The Bertz CT molecular complexity index is 1140. The van der Waals surface area contributed by atoms with Crippen molar-refractivity contribution >= 4 is 22.5 Å². The SMILES string of the molecule is Cc1ccc(NC(=O)c2cn(-c3ccccc3C(C)C)c3ccccc23)cc1. The maximum Gasteiger partial charge on any atom is 0.257 e. The van der Waals surface area contributed by atoms with E-state index in [0.29, 0.717) is 11.5 Å². The quantitative estimate of drug-likeness (QED) is 0.450. The minimum Gasteiger partial charge on any atom is -0.322 e. The van der Waals surface area contributed by atoms with Gasteiger partial charge in [-0.2, -0.15) is 0 Å². The van der Waals surface area contributed by atoms with Crippen LogP contribution in [0.15, 0.2) is 79.0 Å². The number of aryl methyl sites for hydroxylation is 1. The van der Waals surface area contributed by atoms with E-state index >= 15 is 0 Å². The van der Waals surface area contributed by atoms with Gasteiger partial charge in [0.25, 0.3) is 5.91 Å². The van der Waals surface area contributed by atoms with E-state index in [2.05, 4.69) is 48.0 Å². The first-order valence-corrected chi connectivity index (χ1v) is 9.62. The number of aromatic nitrogens is 1. The third-order valence-electron chi connectivity index (χ3n) is 5.08. The summed E-state index contributed by atoms with van der Waals surface area (Å²) in [6.45, 7) is 6.41. The first-order valence-electron chi connectivity index (χ1n) is 9.62. The van der Waals surface area contributed by atoms with Crippen LogP contribution in [0.25, 0.3) is 16.6 Å². The lowest BCUT2D eigenvalue weighted by Gasteiger charge is -2.14. The van der Waals surface area contributed by atoms with Crippen LogP contribution in [0, 0.1) is 6.92 Å². The molecule has 140 valence electrons. The molecule has 0 aliphatic heterocycles. The summed E-state index contributed by atoms with van der Waals surface area (Å²) in [6, 6.07) is 24.3. The Balaban J connectivity index is 1.81. The van der Waals surface area contributed by atoms with Gasteiger partial charge >= 0.3 is 0 Å². The average Bonchev–Trinajstić information content (AvgIpc) is 3.09. The first-order chi connectivity index (χ1) is 13.5. The van der Waals surface area contributed by atoms with Crippen molar-refractivity contribution in [3.05, 3.63) is 95.7 Å². The number of fused-ring (bicyclic) bond motifs is 1. The summed E-state index contributed by atoms with van der Waals surface area (Å²) in [7, 11) is 0. The molecule has 0 saturated carbocycles. The van der Waals surface area contributed by atoms with Gasteiger partial charge in [0.1, 0.15) is 0 Å². The summed E-state index contributed by atoms with van der Waals surface area (Å²) >= 11 is 0. The van der Waals surface area contributed by atoms with E-state index in [1.165, 1.54) is 11.1 Å². The van der Waals surface area contributed by atoms with Crippen molar-refractivity contribution in [2.24, 2.45) is 0 Å². The van der Waals surface area contributed by atoms with E-state index in [9.17, 15) is 4.79 Å². The lowest BCUT2D eigenvalue weighted by Crippen LogP contribution is -2.11. The molecular weight excluding hydrogens is 344 g/mol. The van der Waals surface area contributed by atoms with Crippen molar-refractivity contribution in [2.45, 2.75) is 26.7 Å². The van der Waals surface area contributed by atoms with E-state index in [0.717, 1.165) is 22.3 Å². The zero-order valence-corrected chi connectivity index (χ0v) is 16.4. The van der Waals surface area contributed by atoms with Gasteiger partial charge in [-0.3, -0.25) is 4.79 Å². The van der Waals surface area contributed by atoms with Crippen LogP contribution in [0.1, 0.15) is 41.3 Å². The standard InChI is InChI=1S/C25H24N2O/c1-17(2)20-8-4-6-10-23(20)27-16-22(21-9-5-7-11-24(21)27)25(28)26-19-14-12-18(3)13-15-19/h4-17H,1-3H3,(H,26,28). The largest absolute Gasteiger partial charge is 0.322 e. The molecule has 0 aliphatic rings. The molecular formula is C25H24N2O. The van der Waals surface area contributed by atoms with Crippen molar-refractivity contribution < 1.29 is 4.79 Å². The number of para-hydroxylation sites is 2. The highest BCUT2D eigenvalue weighted by Crippen LogP contribution is 2.30. The molecule has 0 atom stereocenters. The van der Waals surface area contributed by atoms with Gasteiger partial charge in [0.15, 0.2) is 0 Å². The molecule has 0 spiro atoms. The number of amides is 1. The highest BCUT2D eigenvalue weighted by molar-refractivity contribution is 6.13. The molecule has 0 aliphatic carbocycles. The average molecular weight is 368 g/mol. The summed E-state index contributed by atoms with van der Waals surface area (Å²) in [5.41, 5.74) is 6.05. The summed E-state index contributed by atoms with van der Waals surface area (Å²) in [6.07, 6.45) is 1.95. The predicted molar refractivity (Wildman–Crippen MR) is 116 cm³/mol. The smallest absolute Gasteiger partial charge is 0.257 e. The Hall–Kier alpha value is -3.33. The molecule has 3 heteroatoms. The maximum absolute atomic E-state index is 13.1. The molecule has 3 aromatic carbocycles. The second-order valence-corrected chi connectivity index (χ2v) is 7.46. The molecule has 0 unspecified atom stereocenters. The second kappa shape index (κ2) is 7.35. The molecule has 0 saturated heterocycles. The third kappa shape index (κ3) is 3.31. The molecule has 4 rings (SSSR count). The van der Waals surface area contributed by atoms with Crippen molar-refractivity contribution in [3.63, 3.8) is 0 Å². The molecule has 0 fully saturated rings. The van der Waals surface area contributed by atoms with Crippen LogP contribution in [0.4, 0.5) is 5.69 Å². The Morgan fingerprint density at radius 3 is 2.32 bits per heavy atom. The molecule has 28 heavy (non-hydrogen) atoms. The van der Waals surface area contributed by atoms with Crippen LogP contribution in [-0.4, -0.2) is 10.5 Å². The molecule has 0 radical (unpaired) electrons. The monoisotopic (exact) mass is 368 g/mol. The Kier molecular flexibility index (Phi) is 4.74. The number of nitrogens with zero attached hydrogens (tertiary/aromatic N) is 1. The fourth-order valence-electron chi connectivity index (χ4n) is 3.59. The van der Waals surface area contributed by atoms with Crippen LogP contribution in [0.5, 0.6) is 0 Å². The highest BCUT2D eigenvalue weighted by atomic mass is 16.1. The van der Waals surface area contributed by atoms with Gasteiger partial charge in [0.2, 0.25) is 0 Å². The van der Waals surface area contributed by atoms with Gasteiger partial charge in [-0.15, -0.1) is 0 Å². The van der Waals surface area contributed by atoms with Crippen LogP contribution in [-0.2, 0) is 0 Å². The minimum absolute atomic E-state index is 0.0965. The van der Waals surface area contributed by atoms with E-state index in [1.54, 1.807) is 0 Å². The summed E-state index contributed by atoms with van der Waals surface area (Å²) in [4.78, 5) is 13.1. The Morgan fingerprint density at radius 2 is 1.57 bits per heavy atom. The van der Waals surface area contributed by atoms with Crippen LogP contribution < -0.4 is 5.32 Å². The summed E-state index contributed by atoms with van der Waals surface area (Å²) in [5.74, 6) is 0.294. The zero-order chi connectivity index (χ0) is 19.7. The lowest BCUT2D eigenvalue weighted by molar-refractivity contribution is 0.102. The van der Waals surface area contributed by atoms with Crippen LogP contribution in [0.2, 0.25) is 0 Å². The number of benzene rings is 3. The van der Waals surface area contributed by atoms with E-state index in [4.69, 9.17) is 0 Å². The first kappa shape index (κ1) is 18.1. The van der Waals surface area contributed by atoms with Crippen molar-refractivity contribution in [1.29, 1.82) is 0 Å². The lowest BCUT2D eigenvalue weighted by atomic mass is 10.0. The summed E-state index contributed by atoms with van der Waals surface area (Å²) < 4.78 is 2.13. The number of hydrogen-bond acceptors (Lipinski definition) is 1. The number of nitrogens with one attached hydrogen (secondary N) is 1. The number of carbonyl (C=O) groups excluding carboxylic acids is 1. The van der Waals surface area contributed by atoms with Gasteiger partial charge in [-0.25, -0.2) is 0 Å². The van der Waals surface area contributed by atoms with Crippen LogP contribution in [0.3, 0.4) is 0 Å². The van der Waals surface area contributed by atoms with Gasteiger partial charge in [-0.1, -0.05) is 67.9 Å². The molecule has 1 N–H and O–H groups in total. The Morgan fingerprint density at radius 1 is 0.893 bits per heavy atom. The topological polar surface area (TPSA) is 34.0 Å². The molecule has 4 aromatic rings. The van der Waals surface area contributed by atoms with E-state index in [-0.39, 0.29) is 5.91 Å². The molecule has 1 aromatic heterocycles. The third-order valence-corrected chi connectivity index (χ3v) is 5.08. The van der Waals surface area contributed by atoms with Gasteiger partial charge < -0.3 is 9.88 Å². The zero-order valence-electron chi connectivity index (χ0n) is 16.4. The number of anilines is 1. The molecule has 1 amide bonds. The van der Waals surface area contributed by atoms with Gasteiger partial charge in [-0.05, 0) is 42.7 Å².